The maximum absolute atomic E-state index is 14.6. The van der Waals surface area contributed by atoms with Crippen LogP contribution in [-0.2, 0) is 6.54 Å². The highest BCUT2D eigenvalue weighted by Crippen LogP contribution is 2.25. The fraction of sp³-hybridized carbons (Fsp3) is 0.0833. The van der Waals surface area contributed by atoms with Gasteiger partial charge in [0.15, 0.2) is 5.75 Å². The van der Waals surface area contributed by atoms with E-state index in [1.165, 1.54) is 4.57 Å². The lowest BCUT2D eigenvalue weighted by atomic mass is 10.0. The monoisotopic (exact) mass is 437 g/mol. The van der Waals surface area contributed by atoms with Gasteiger partial charge in [0.1, 0.15) is 17.4 Å². The van der Waals surface area contributed by atoms with E-state index < -0.39 is 34.4 Å². The second-order valence-corrected chi connectivity index (χ2v) is 7.00. The van der Waals surface area contributed by atoms with E-state index in [4.69, 9.17) is 9.84 Å². The zero-order valence-electron chi connectivity index (χ0n) is 16.8. The first-order valence-corrected chi connectivity index (χ1v) is 9.52. The number of hydrogen-bond acceptors (Lipinski definition) is 4. The molecular formula is C24H17F2NO5. The van der Waals surface area contributed by atoms with Crippen LogP contribution in [0, 0.1) is 11.6 Å². The zero-order chi connectivity index (χ0) is 22.8. The van der Waals surface area contributed by atoms with Gasteiger partial charge >= 0.3 is 6.16 Å². The molecule has 162 valence electrons. The van der Waals surface area contributed by atoms with Gasteiger partial charge < -0.3 is 19.1 Å². The van der Waals surface area contributed by atoms with Gasteiger partial charge in [-0.2, -0.15) is 0 Å². The summed E-state index contributed by atoms with van der Waals surface area (Å²) < 4.78 is 39.8. The van der Waals surface area contributed by atoms with Crippen LogP contribution < -0.4 is 14.9 Å². The predicted octanol–water partition coefficient (Wildman–Crippen LogP) is 5.06. The van der Waals surface area contributed by atoms with E-state index in [0.29, 0.717) is 0 Å². The largest absolute Gasteiger partial charge is 0.511 e. The van der Waals surface area contributed by atoms with Gasteiger partial charge in [-0.25, -0.2) is 13.6 Å². The summed E-state index contributed by atoms with van der Waals surface area (Å²) in [6.07, 6.45) is -0.660. The molecule has 6 nitrogen and oxygen atoms in total. The molecule has 4 aromatic rings. The number of benzene rings is 3. The lowest BCUT2D eigenvalue weighted by molar-refractivity contribution is 0.144. The second kappa shape index (κ2) is 8.50. The maximum Gasteiger partial charge on any atom is 0.511 e. The summed E-state index contributed by atoms with van der Waals surface area (Å²) in [7, 11) is 1.59. The molecule has 0 radical (unpaired) electrons. The molecule has 0 saturated heterocycles. The Kier molecular flexibility index (Phi) is 5.59. The third-order valence-electron chi connectivity index (χ3n) is 5.02. The Hall–Kier alpha value is -4.20. The van der Waals surface area contributed by atoms with Crippen molar-refractivity contribution in [1.82, 2.24) is 4.57 Å². The number of nitrogens with zero attached hydrogens (tertiary/aromatic N) is 1. The van der Waals surface area contributed by atoms with Crippen LogP contribution in [0.4, 0.5) is 13.6 Å². The van der Waals surface area contributed by atoms with E-state index in [1.807, 2.05) is 36.4 Å². The first kappa shape index (κ1) is 21.0. The van der Waals surface area contributed by atoms with Gasteiger partial charge in [0, 0.05) is 6.54 Å². The molecule has 0 spiro atoms. The Morgan fingerprint density at radius 2 is 1.53 bits per heavy atom. The minimum atomic E-state index is -1.73. The molecule has 32 heavy (non-hydrogen) atoms. The number of halogens is 2. The third-order valence-corrected chi connectivity index (χ3v) is 5.02. The first-order chi connectivity index (χ1) is 15.4. The maximum atomic E-state index is 14.6. The highest BCUT2D eigenvalue weighted by atomic mass is 19.1. The molecule has 0 atom stereocenters. The molecular weight excluding hydrogens is 420 g/mol. The van der Waals surface area contributed by atoms with Gasteiger partial charge in [0.25, 0.3) is 0 Å². The second-order valence-electron chi connectivity index (χ2n) is 7.00. The van der Waals surface area contributed by atoms with Gasteiger partial charge in [-0.3, -0.25) is 4.79 Å². The summed E-state index contributed by atoms with van der Waals surface area (Å²) in [6.45, 7) is 0.0516. The molecule has 0 aliphatic carbocycles. The third kappa shape index (κ3) is 4.02. The van der Waals surface area contributed by atoms with Crippen LogP contribution in [0.2, 0.25) is 0 Å². The van der Waals surface area contributed by atoms with Crippen molar-refractivity contribution >= 4 is 17.1 Å². The normalized spacial score (nSPS) is 10.8. The molecule has 0 amide bonds. The van der Waals surface area contributed by atoms with Crippen molar-refractivity contribution in [2.75, 3.05) is 7.11 Å². The smallest absolute Gasteiger partial charge is 0.497 e. The summed E-state index contributed by atoms with van der Waals surface area (Å²) in [5.41, 5.74) is 1.32. The van der Waals surface area contributed by atoms with Crippen LogP contribution in [-0.4, -0.2) is 22.9 Å². The summed E-state index contributed by atoms with van der Waals surface area (Å²) >= 11 is 0. The highest BCUT2D eigenvalue weighted by Gasteiger charge is 2.19. The number of fused-ring (bicyclic) bond motifs is 1. The van der Waals surface area contributed by atoms with Crippen molar-refractivity contribution in [2.45, 2.75) is 6.54 Å². The quantitative estimate of drug-likeness (QED) is 0.442. The minimum absolute atomic E-state index is 0.0516. The number of carbonyl (C=O) groups is 1. The van der Waals surface area contributed by atoms with E-state index in [1.54, 1.807) is 19.2 Å². The molecule has 1 N–H and O–H groups in total. The molecule has 0 aliphatic heterocycles. The molecule has 3 aromatic carbocycles. The Bertz CT molecular complexity index is 1360. The zero-order valence-corrected chi connectivity index (χ0v) is 16.8. The molecule has 1 heterocycles. The van der Waals surface area contributed by atoms with E-state index in [0.717, 1.165) is 40.8 Å². The van der Waals surface area contributed by atoms with Crippen molar-refractivity contribution < 1.29 is 28.2 Å². The highest BCUT2D eigenvalue weighted by molar-refractivity contribution is 5.82. The van der Waals surface area contributed by atoms with Crippen LogP contribution in [0.25, 0.3) is 22.0 Å². The Morgan fingerprint density at radius 1 is 0.938 bits per heavy atom. The summed E-state index contributed by atoms with van der Waals surface area (Å²) in [5.74, 6) is -1.64. The fourth-order valence-electron chi connectivity index (χ4n) is 3.50. The van der Waals surface area contributed by atoms with Crippen molar-refractivity contribution in [3.05, 3.63) is 94.3 Å². The van der Waals surface area contributed by atoms with Gasteiger partial charge in [0.05, 0.1) is 24.2 Å². The number of methoxy groups -OCH3 is 1. The van der Waals surface area contributed by atoms with E-state index in [9.17, 15) is 18.4 Å². The van der Waals surface area contributed by atoms with Gasteiger partial charge in [-0.05, 0) is 41.0 Å². The van der Waals surface area contributed by atoms with E-state index in [2.05, 4.69) is 4.74 Å². The predicted molar refractivity (Wildman–Crippen MR) is 114 cm³/mol. The van der Waals surface area contributed by atoms with Crippen LogP contribution in [0.3, 0.4) is 0 Å². The topological polar surface area (TPSA) is 77.8 Å². The van der Waals surface area contributed by atoms with Gasteiger partial charge in [-0.15, -0.1) is 0 Å². The molecule has 0 bridgehead atoms. The van der Waals surface area contributed by atoms with E-state index >= 15 is 0 Å². The molecule has 4 rings (SSSR count). The van der Waals surface area contributed by atoms with Crippen molar-refractivity contribution in [2.24, 2.45) is 0 Å². The SMILES string of the molecule is COc1ccc(-c2ccc(Cn3cc(OC(=O)O)c(=O)c4c(F)ccc(F)c43)cc2)cc1. The molecule has 0 saturated carbocycles. The summed E-state index contributed by atoms with van der Waals surface area (Å²) in [6, 6.07) is 16.6. The number of carboxylic acid groups (broad SMARTS) is 1. The van der Waals surface area contributed by atoms with E-state index in [-0.39, 0.29) is 12.1 Å². The molecule has 0 unspecified atom stereocenters. The van der Waals surface area contributed by atoms with Crippen molar-refractivity contribution in [3.8, 4) is 22.6 Å². The lowest BCUT2D eigenvalue weighted by Crippen LogP contribution is -2.18. The Balaban J connectivity index is 1.75. The number of pyridine rings is 1. The lowest BCUT2D eigenvalue weighted by Gasteiger charge is -2.14. The number of hydrogen-bond donors (Lipinski definition) is 1. The minimum Gasteiger partial charge on any atom is -0.497 e. The number of rotatable bonds is 5. The molecule has 1 aromatic heterocycles. The summed E-state index contributed by atoms with van der Waals surface area (Å²) in [4.78, 5) is 23.4. The fourth-order valence-corrected chi connectivity index (χ4v) is 3.50. The Labute approximate surface area is 180 Å². The van der Waals surface area contributed by atoms with Crippen LogP contribution in [0.15, 0.2) is 71.7 Å². The molecule has 8 heteroatoms. The van der Waals surface area contributed by atoms with Crippen LogP contribution >= 0.6 is 0 Å². The first-order valence-electron chi connectivity index (χ1n) is 9.52. The molecule has 0 aliphatic rings. The van der Waals surface area contributed by atoms with Crippen molar-refractivity contribution in [3.63, 3.8) is 0 Å². The standard InChI is InChI=1S/C24H17F2NO5/c1-31-17-8-6-16(7-9-17)15-4-2-14(3-5-15)12-27-13-20(32-24(29)30)23(28)21-18(25)10-11-19(26)22(21)27/h2-11,13H,12H2,1H3,(H,29,30). The Morgan fingerprint density at radius 3 is 2.12 bits per heavy atom. The average Bonchev–Trinajstić information content (AvgIpc) is 2.79. The van der Waals surface area contributed by atoms with Crippen LogP contribution in [0.5, 0.6) is 11.5 Å². The molecule has 0 fully saturated rings. The number of ether oxygens (including phenoxy) is 2. The number of aromatic nitrogens is 1. The van der Waals surface area contributed by atoms with Gasteiger partial charge in [0.2, 0.25) is 5.43 Å². The van der Waals surface area contributed by atoms with Gasteiger partial charge in [-0.1, -0.05) is 36.4 Å². The average molecular weight is 437 g/mol. The summed E-state index contributed by atoms with van der Waals surface area (Å²) in [5, 5.41) is 8.32. The van der Waals surface area contributed by atoms with Crippen LogP contribution in [0.1, 0.15) is 5.56 Å². The van der Waals surface area contributed by atoms with Crippen molar-refractivity contribution in [1.29, 1.82) is 0 Å².